The van der Waals surface area contributed by atoms with Crippen LogP contribution in [0.15, 0.2) is 24.3 Å². The van der Waals surface area contributed by atoms with E-state index >= 15 is 0 Å². The van der Waals surface area contributed by atoms with Gasteiger partial charge in [-0.05, 0) is 18.9 Å². The normalized spacial score (nSPS) is 21.7. The molecule has 0 radical (unpaired) electrons. The molecular formula is C15H19FO2. The quantitative estimate of drug-likeness (QED) is 0.799. The molecule has 18 heavy (non-hydrogen) atoms. The molecule has 0 aromatic heterocycles. The van der Waals surface area contributed by atoms with Crippen LogP contribution in [0.1, 0.15) is 38.7 Å². The van der Waals surface area contributed by atoms with E-state index in [1.807, 2.05) is 13.8 Å². The molecular weight excluding hydrogens is 231 g/mol. The second kappa shape index (κ2) is 5.19. The molecule has 1 atom stereocenters. The highest BCUT2D eigenvalue weighted by atomic mass is 19.1. The van der Waals surface area contributed by atoms with E-state index < -0.39 is 0 Å². The summed E-state index contributed by atoms with van der Waals surface area (Å²) in [5.41, 5.74) is 0.226. The highest BCUT2D eigenvalue weighted by Crippen LogP contribution is 2.45. The zero-order chi connectivity index (χ0) is 13.2. The Labute approximate surface area is 107 Å². The van der Waals surface area contributed by atoms with Crippen molar-refractivity contribution in [2.45, 2.75) is 45.8 Å². The van der Waals surface area contributed by atoms with E-state index in [2.05, 4.69) is 0 Å². The number of carbonyl (C=O) groups excluding carboxylic acids is 1. The van der Waals surface area contributed by atoms with Crippen LogP contribution >= 0.6 is 0 Å². The van der Waals surface area contributed by atoms with Gasteiger partial charge in [-0.2, -0.15) is 0 Å². The van der Waals surface area contributed by atoms with Gasteiger partial charge in [-0.15, -0.1) is 0 Å². The summed E-state index contributed by atoms with van der Waals surface area (Å²) >= 11 is 0. The van der Waals surface area contributed by atoms with Crippen molar-refractivity contribution in [3.05, 3.63) is 35.6 Å². The van der Waals surface area contributed by atoms with Crippen LogP contribution in [0, 0.1) is 11.2 Å². The summed E-state index contributed by atoms with van der Waals surface area (Å²) in [6.07, 6.45) is 2.00. The van der Waals surface area contributed by atoms with Gasteiger partial charge in [0, 0.05) is 12.0 Å². The Hall–Kier alpha value is -1.22. The van der Waals surface area contributed by atoms with Gasteiger partial charge < -0.3 is 4.74 Å². The van der Waals surface area contributed by atoms with Crippen LogP contribution in [-0.2, 0) is 16.1 Å². The Morgan fingerprint density at radius 3 is 2.56 bits per heavy atom. The molecule has 1 aromatic carbocycles. The molecule has 98 valence electrons. The molecule has 3 heteroatoms. The minimum atomic E-state index is -0.328. The fourth-order valence-electron chi connectivity index (χ4n) is 2.74. The zero-order valence-corrected chi connectivity index (χ0v) is 10.9. The van der Waals surface area contributed by atoms with Crippen molar-refractivity contribution in [1.29, 1.82) is 0 Å². The monoisotopic (exact) mass is 250 g/mol. The molecule has 0 spiro atoms. The number of carbonyl (C=O) groups is 1. The molecule has 1 aliphatic carbocycles. The number of benzene rings is 1. The molecule has 0 saturated heterocycles. The van der Waals surface area contributed by atoms with Crippen molar-refractivity contribution in [1.82, 2.24) is 0 Å². The predicted molar refractivity (Wildman–Crippen MR) is 67.6 cm³/mol. The van der Waals surface area contributed by atoms with Gasteiger partial charge in [-0.3, -0.25) is 4.79 Å². The summed E-state index contributed by atoms with van der Waals surface area (Å²) in [4.78, 5) is 11.7. The lowest BCUT2D eigenvalue weighted by Gasteiger charge is -2.46. The zero-order valence-electron chi connectivity index (χ0n) is 10.9. The van der Waals surface area contributed by atoms with E-state index in [4.69, 9.17) is 4.74 Å². The van der Waals surface area contributed by atoms with E-state index in [1.165, 1.54) is 6.07 Å². The van der Waals surface area contributed by atoms with E-state index in [9.17, 15) is 9.18 Å². The average molecular weight is 250 g/mol. The molecule has 1 unspecified atom stereocenters. The highest BCUT2D eigenvalue weighted by Gasteiger charge is 2.52. The van der Waals surface area contributed by atoms with E-state index in [0.29, 0.717) is 12.0 Å². The molecule has 0 heterocycles. The Kier molecular flexibility index (Phi) is 3.81. The van der Waals surface area contributed by atoms with Crippen LogP contribution in [0.3, 0.4) is 0 Å². The van der Waals surface area contributed by atoms with Crippen molar-refractivity contribution in [2.24, 2.45) is 5.41 Å². The van der Waals surface area contributed by atoms with Crippen molar-refractivity contribution in [3.63, 3.8) is 0 Å². The molecule has 1 saturated carbocycles. The molecule has 0 N–H and O–H groups in total. The van der Waals surface area contributed by atoms with Crippen molar-refractivity contribution >= 4 is 5.78 Å². The molecule has 2 rings (SSSR count). The number of Topliss-reactive ketones (excluding diaryl/α,β-unsaturated/α-hetero) is 1. The van der Waals surface area contributed by atoms with Crippen LogP contribution in [0.4, 0.5) is 4.39 Å². The fourth-order valence-corrected chi connectivity index (χ4v) is 2.74. The first-order valence-corrected chi connectivity index (χ1v) is 6.52. The number of hydrogen-bond donors (Lipinski definition) is 0. The Bertz CT molecular complexity index is 438. The summed E-state index contributed by atoms with van der Waals surface area (Å²) in [6, 6.07) is 6.60. The molecule has 0 amide bonds. The number of halogens is 1. The lowest BCUT2D eigenvalue weighted by molar-refractivity contribution is -0.167. The Balaban J connectivity index is 2.00. The van der Waals surface area contributed by atoms with Gasteiger partial charge >= 0.3 is 0 Å². The van der Waals surface area contributed by atoms with Gasteiger partial charge in [0.05, 0.1) is 18.1 Å². The minimum absolute atomic E-state index is 0.0559. The standard InChI is InChI=1S/C15H19FO2/c1-3-15(4-2)13(17)9-14(15)18-10-11-7-5-6-8-12(11)16/h5-8,14H,3-4,9-10H2,1-2H3. The van der Waals surface area contributed by atoms with Gasteiger partial charge in [0.2, 0.25) is 0 Å². The van der Waals surface area contributed by atoms with Gasteiger partial charge in [0.1, 0.15) is 11.6 Å². The second-order valence-electron chi connectivity index (χ2n) is 4.88. The van der Waals surface area contributed by atoms with E-state index in [1.54, 1.807) is 18.2 Å². The van der Waals surface area contributed by atoms with Gasteiger partial charge in [0.25, 0.3) is 0 Å². The number of ether oxygens (including phenoxy) is 1. The second-order valence-corrected chi connectivity index (χ2v) is 4.88. The molecule has 1 fully saturated rings. The number of ketones is 1. The van der Waals surface area contributed by atoms with E-state index in [0.717, 1.165) is 12.8 Å². The highest BCUT2D eigenvalue weighted by molar-refractivity contribution is 5.92. The predicted octanol–water partition coefficient (Wildman–Crippen LogP) is 3.49. The average Bonchev–Trinajstić information content (AvgIpc) is 2.37. The van der Waals surface area contributed by atoms with Gasteiger partial charge in [0.15, 0.2) is 0 Å². The Morgan fingerprint density at radius 2 is 2.00 bits per heavy atom. The van der Waals surface area contributed by atoms with Crippen molar-refractivity contribution in [3.8, 4) is 0 Å². The SMILES string of the molecule is CCC1(CC)C(=O)CC1OCc1ccccc1F. The van der Waals surface area contributed by atoms with Crippen molar-refractivity contribution < 1.29 is 13.9 Å². The largest absolute Gasteiger partial charge is 0.372 e. The molecule has 0 bridgehead atoms. The van der Waals surface area contributed by atoms with Crippen LogP contribution in [0.2, 0.25) is 0 Å². The number of hydrogen-bond acceptors (Lipinski definition) is 2. The molecule has 2 nitrogen and oxygen atoms in total. The summed E-state index contributed by atoms with van der Waals surface area (Å²) in [7, 11) is 0. The first-order chi connectivity index (χ1) is 8.64. The fraction of sp³-hybridized carbons (Fsp3) is 0.533. The molecule has 0 aliphatic heterocycles. The minimum Gasteiger partial charge on any atom is -0.372 e. The lowest BCUT2D eigenvalue weighted by Crippen LogP contribution is -2.54. The Morgan fingerprint density at radius 1 is 1.33 bits per heavy atom. The maximum absolute atomic E-state index is 13.4. The van der Waals surface area contributed by atoms with Crippen LogP contribution in [0.5, 0.6) is 0 Å². The van der Waals surface area contributed by atoms with Gasteiger partial charge in [-0.25, -0.2) is 4.39 Å². The third-order valence-corrected chi connectivity index (χ3v) is 4.20. The van der Waals surface area contributed by atoms with Gasteiger partial charge in [-0.1, -0.05) is 32.0 Å². The van der Waals surface area contributed by atoms with Crippen LogP contribution < -0.4 is 0 Å². The summed E-state index contributed by atoms with van der Waals surface area (Å²) in [5, 5.41) is 0. The summed E-state index contributed by atoms with van der Waals surface area (Å²) in [6.45, 7) is 4.27. The molecule has 1 aromatic rings. The van der Waals surface area contributed by atoms with Crippen molar-refractivity contribution in [2.75, 3.05) is 0 Å². The lowest BCUT2D eigenvalue weighted by atomic mass is 9.61. The summed E-state index contributed by atoms with van der Waals surface area (Å²) < 4.78 is 19.2. The van der Waals surface area contributed by atoms with Crippen LogP contribution in [0.25, 0.3) is 0 Å². The molecule has 1 aliphatic rings. The summed E-state index contributed by atoms with van der Waals surface area (Å²) in [5.74, 6) is 0.0350. The maximum Gasteiger partial charge on any atom is 0.144 e. The first-order valence-electron chi connectivity index (χ1n) is 6.52. The third kappa shape index (κ3) is 2.07. The van der Waals surface area contributed by atoms with Crippen LogP contribution in [-0.4, -0.2) is 11.9 Å². The van der Waals surface area contributed by atoms with E-state index in [-0.39, 0.29) is 29.7 Å². The first kappa shape index (κ1) is 13.2. The maximum atomic E-state index is 13.4. The smallest absolute Gasteiger partial charge is 0.144 e. The third-order valence-electron chi connectivity index (χ3n) is 4.20. The topological polar surface area (TPSA) is 26.3 Å². The number of rotatable bonds is 5.